The van der Waals surface area contributed by atoms with E-state index in [1.54, 1.807) is 37.8 Å². The number of carbonyl (C=O) groups excluding carboxylic acids is 1. The van der Waals surface area contributed by atoms with Gasteiger partial charge in [0.1, 0.15) is 12.4 Å². The minimum Gasteiger partial charge on any atom is -0.493 e. The van der Waals surface area contributed by atoms with Gasteiger partial charge in [0.05, 0.1) is 49.8 Å². The second-order valence-corrected chi connectivity index (χ2v) is 14.0. The van der Waals surface area contributed by atoms with Gasteiger partial charge >= 0.3 is 5.97 Å². The van der Waals surface area contributed by atoms with Gasteiger partial charge in [0.2, 0.25) is 0 Å². The molecule has 8 nitrogen and oxygen atoms in total. The smallest absolute Gasteiger partial charge is 0.338 e. The molecule has 11 heteroatoms. The molecule has 1 atom stereocenters. The molecule has 1 aliphatic rings. The van der Waals surface area contributed by atoms with Crippen LogP contribution in [0.25, 0.3) is 11.8 Å². The van der Waals surface area contributed by atoms with E-state index in [9.17, 15) is 9.59 Å². The highest BCUT2D eigenvalue weighted by Gasteiger charge is 2.35. The molecule has 0 amide bonds. The van der Waals surface area contributed by atoms with E-state index >= 15 is 0 Å². The number of ether oxygens (including phenoxy) is 4. The largest absolute Gasteiger partial charge is 0.493 e. The molecule has 0 saturated heterocycles. The monoisotopic (exact) mass is 884 g/mol. The van der Waals surface area contributed by atoms with Gasteiger partial charge in [-0.25, -0.2) is 9.79 Å². The normalized spacial score (nSPS) is 14.3. The first-order valence-corrected chi connectivity index (χ1v) is 18.0. The van der Waals surface area contributed by atoms with E-state index in [0.717, 1.165) is 29.6 Å². The number of rotatable bonds is 10. The van der Waals surface area contributed by atoms with Crippen LogP contribution in [0.3, 0.4) is 0 Å². The molecule has 0 radical (unpaired) electrons. The number of esters is 1. The number of hydrogen-bond donors (Lipinski definition) is 0. The fraction of sp³-hybridized carbons (Fsp3) is 0.162. The van der Waals surface area contributed by atoms with E-state index in [1.165, 1.54) is 11.3 Å². The van der Waals surface area contributed by atoms with Crippen LogP contribution in [-0.4, -0.2) is 31.4 Å². The number of methoxy groups -OCH3 is 2. The minimum absolute atomic E-state index is 0.163. The van der Waals surface area contributed by atoms with E-state index in [0.29, 0.717) is 38.7 Å². The molecule has 0 N–H and O–H groups in total. The van der Waals surface area contributed by atoms with Crippen LogP contribution in [0.5, 0.6) is 17.2 Å². The summed E-state index contributed by atoms with van der Waals surface area (Å²) in [5.74, 6) is 1.24. The summed E-state index contributed by atoms with van der Waals surface area (Å²) in [7, 11) is 3.10. The van der Waals surface area contributed by atoms with Crippen LogP contribution in [0.4, 0.5) is 0 Å². The summed E-state index contributed by atoms with van der Waals surface area (Å²) in [6, 6.07) is 28.0. The number of fused-ring (bicyclic) bond motifs is 1. The van der Waals surface area contributed by atoms with Crippen LogP contribution in [0, 0.1) is 7.14 Å². The molecule has 2 heterocycles. The first kappa shape index (κ1) is 33.9. The van der Waals surface area contributed by atoms with Crippen LogP contribution in [0.2, 0.25) is 0 Å². The number of benzene rings is 4. The lowest BCUT2D eigenvalue weighted by Crippen LogP contribution is -2.40. The highest BCUT2D eigenvalue weighted by atomic mass is 127. The fourth-order valence-corrected chi connectivity index (χ4v) is 8.59. The minimum atomic E-state index is -0.841. The maximum atomic E-state index is 14.4. The van der Waals surface area contributed by atoms with Crippen molar-refractivity contribution in [3.8, 4) is 17.2 Å². The summed E-state index contributed by atoms with van der Waals surface area (Å²) in [6.45, 7) is 2.37. The molecule has 0 aliphatic carbocycles. The van der Waals surface area contributed by atoms with Crippen LogP contribution in [0.15, 0.2) is 106 Å². The summed E-state index contributed by atoms with van der Waals surface area (Å²) in [6.07, 6.45) is 1.86. The van der Waals surface area contributed by atoms with Crippen molar-refractivity contribution < 1.29 is 23.7 Å². The van der Waals surface area contributed by atoms with E-state index in [4.69, 9.17) is 23.9 Å². The number of halogens is 2. The lowest BCUT2D eigenvalue weighted by Gasteiger charge is -2.26. The number of aromatic nitrogens is 1. The first-order chi connectivity index (χ1) is 23.3. The molecule has 0 saturated carbocycles. The lowest BCUT2D eigenvalue weighted by molar-refractivity contribution is -0.138. The Morgan fingerprint density at radius 2 is 1.58 bits per heavy atom. The Morgan fingerprint density at radius 3 is 2.23 bits per heavy atom. The van der Waals surface area contributed by atoms with Gasteiger partial charge in [-0.15, -0.1) is 0 Å². The third-order valence-corrected chi connectivity index (χ3v) is 10.2. The van der Waals surface area contributed by atoms with Crippen molar-refractivity contribution in [3.63, 3.8) is 0 Å². The number of nitrogens with zero attached hydrogens (tertiary/aromatic N) is 2. The van der Waals surface area contributed by atoms with Gasteiger partial charge in [-0.3, -0.25) is 9.36 Å². The second kappa shape index (κ2) is 15.1. The molecule has 4 aromatic carbocycles. The molecule has 5 aromatic rings. The molecule has 0 fully saturated rings. The van der Waals surface area contributed by atoms with Crippen LogP contribution >= 0.6 is 56.5 Å². The SMILES string of the molecule is CCOC(=O)C1=C(c2ccccc2)N=c2s/c(=C\c3cc(I)c(OCc4ccccc4)c(I)c3)c(=O)n2C1c1ccc(OC)c(OC)c1. The van der Waals surface area contributed by atoms with Crippen LogP contribution < -0.4 is 29.1 Å². The molecule has 6 rings (SSSR count). The van der Waals surface area contributed by atoms with Gasteiger partial charge in [0.25, 0.3) is 5.56 Å². The Morgan fingerprint density at radius 1 is 0.917 bits per heavy atom. The van der Waals surface area contributed by atoms with E-state index < -0.39 is 12.0 Å². The summed E-state index contributed by atoms with van der Waals surface area (Å²) in [5.41, 5.74) is 3.74. The molecule has 244 valence electrons. The predicted octanol–water partition coefficient (Wildman–Crippen LogP) is 6.74. The quantitative estimate of drug-likeness (QED) is 0.114. The van der Waals surface area contributed by atoms with Crippen LogP contribution in [0.1, 0.15) is 35.2 Å². The van der Waals surface area contributed by atoms with Gasteiger partial charge in [-0.1, -0.05) is 78.1 Å². The van der Waals surface area contributed by atoms with Crippen molar-refractivity contribution in [1.29, 1.82) is 0 Å². The highest BCUT2D eigenvalue weighted by molar-refractivity contribution is 14.1. The Bertz CT molecular complexity index is 2170. The molecule has 1 aliphatic heterocycles. The molecular weight excluding hydrogens is 854 g/mol. The highest BCUT2D eigenvalue weighted by Crippen LogP contribution is 2.38. The average molecular weight is 885 g/mol. The van der Waals surface area contributed by atoms with E-state index in [2.05, 4.69) is 45.2 Å². The van der Waals surface area contributed by atoms with Crippen molar-refractivity contribution >= 4 is 74.3 Å². The third-order valence-electron chi connectivity index (χ3n) is 7.64. The van der Waals surface area contributed by atoms with Crippen molar-refractivity contribution in [2.24, 2.45) is 4.99 Å². The topological polar surface area (TPSA) is 88.4 Å². The number of carbonyl (C=O) groups is 1. The molecule has 1 aromatic heterocycles. The zero-order valence-corrected chi connectivity index (χ0v) is 31.4. The lowest BCUT2D eigenvalue weighted by atomic mass is 9.93. The van der Waals surface area contributed by atoms with Gasteiger partial charge in [-0.05, 0) is 99.1 Å². The summed E-state index contributed by atoms with van der Waals surface area (Å²) in [4.78, 5) is 33.6. The zero-order valence-electron chi connectivity index (χ0n) is 26.2. The van der Waals surface area contributed by atoms with Gasteiger partial charge < -0.3 is 18.9 Å². The second-order valence-electron chi connectivity index (χ2n) is 10.6. The van der Waals surface area contributed by atoms with E-state index in [1.807, 2.05) is 84.9 Å². The fourth-order valence-electron chi connectivity index (χ4n) is 5.46. The van der Waals surface area contributed by atoms with Crippen molar-refractivity contribution in [2.45, 2.75) is 19.6 Å². The third kappa shape index (κ3) is 6.94. The Balaban J connectivity index is 1.52. The molecule has 0 bridgehead atoms. The average Bonchev–Trinajstić information content (AvgIpc) is 3.41. The van der Waals surface area contributed by atoms with Crippen molar-refractivity contribution in [2.75, 3.05) is 20.8 Å². The molecule has 0 spiro atoms. The maximum Gasteiger partial charge on any atom is 0.338 e. The van der Waals surface area contributed by atoms with Gasteiger partial charge in [0, 0.05) is 5.56 Å². The van der Waals surface area contributed by atoms with Crippen molar-refractivity contribution in [1.82, 2.24) is 4.57 Å². The van der Waals surface area contributed by atoms with E-state index in [-0.39, 0.29) is 17.7 Å². The standard InChI is InChI=1S/C37H30I2N2O6S/c1-4-46-36(43)31-32(24-13-9-6-10-14-24)40-37-41(33(31)25-15-16-28(44-2)29(20-25)45-3)35(42)30(48-37)19-23-17-26(38)34(27(39)18-23)47-21-22-11-7-5-8-12-22/h5-20,33H,4,21H2,1-3H3/b30-19-. The zero-order chi connectivity index (χ0) is 33.8. The number of thiazole rings is 1. The summed E-state index contributed by atoms with van der Waals surface area (Å²) < 4.78 is 26.8. The summed E-state index contributed by atoms with van der Waals surface area (Å²) >= 11 is 5.80. The molecule has 1 unspecified atom stereocenters. The Kier molecular flexibility index (Phi) is 10.7. The van der Waals surface area contributed by atoms with Crippen LogP contribution in [-0.2, 0) is 16.1 Å². The predicted molar refractivity (Wildman–Crippen MR) is 203 cm³/mol. The summed E-state index contributed by atoms with van der Waals surface area (Å²) in [5, 5.41) is 0. The first-order valence-electron chi connectivity index (χ1n) is 15.0. The number of hydrogen-bond acceptors (Lipinski definition) is 8. The Labute approximate surface area is 308 Å². The van der Waals surface area contributed by atoms with Gasteiger partial charge in [0.15, 0.2) is 16.3 Å². The van der Waals surface area contributed by atoms with Crippen molar-refractivity contribution in [3.05, 3.63) is 146 Å². The maximum absolute atomic E-state index is 14.4. The molecule has 48 heavy (non-hydrogen) atoms. The Hall–Kier alpha value is -3.95. The molecular formula is C37H30I2N2O6S. The van der Waals surface area contributed by atoms with Gasteiger partial charge in [-0.2, -0.15) is 0 Å².